The summed E-state index contributed by atoms with van der Waals surface area (Å²) in [6, 6.07) is 5.34. The molecule has 6 heteroatoms. The molecule has 0 amide bonds. The molecule has 24 heavy (non-hydrogen) atoms. The van der Waals surface area contributed by atoms with E-state index in [-0.39, 0.29) is 0 Å². The van der Waals surface area contributed by atoms with Crippen LogP contribution in [0.5, 0.6) is 11.5 Å². The topological polar surface area (TPSA) is 71.1 Å². The molecular formula is C18H22O6. The third-order valence-corrected chi connectivity index (χ3v) is 3.01. The van der Waals surface area contributed by atoms with E-state index in [1.807, 2.05) is 6.07 Å². The van der Waals surface area contributed by atoms with Crippen LogP contribution in [0.1, 0.15) is 18.4 Å². The van der Waals surface area contributed by atoms with Crippen molar-refractivity contribution < 1.29 is 28.5 Å². The number of rotatable bonds is 10. The smallest absolute Gasteiger partial charge is 0.330 e. The fourth-order valence-corrected chi connectivity index (χ4v) is 1.76. The molecule has 0 aromatic heterocycles. The molecule has 1 aromatic rings. The third-order valence-electron chi connectivity index (χ3n) is 3.01. The maximum atomic E-state index is 11.1. The first-order valence-corrected chi connectivity index (χ1v) is 7.46. The van der Waals surface area contributed by atoms with Crippen LogP contribution in [0.2, 0.25) is 0 Å². The molecule has 6 nitrogen and oxygen atoms in total. The van der Waals surface area contributed by atoms with Gasteiger partial charge in [0.2, 0.25) is 0 Å². The van der Waals surface area contributed by atoms with E-state index in [1.165, 1.54) is 13.2 Å². The Hall–Kier alpha value is -2.76. The SMILES string of the molecule is C=CC(=O)OCCCCOc1ccc(/C=C/C(=O)OC)cc1OC. The Bertz CT molecular complexity index is 591. The Kier molecular flexibility index (Phi) is 8.74. The summed E-state index contributed by atoms with van der Waals surface area (Å²) in [5.74, 6) is 0.329. The van der Waals surface area contributed by atoms with Crippen LogP contribution in [0, 0.1) is 0 Å². The summed E-state index contributed by atoms with van der Waals surface area (Å²) < 4.78 is 20.4. The van der Waals surface area contributed by atoms with Crippen molar-refractivity contribution in [3.63, 3.8) is 0 Å². The monoisotopic (exact) mass is 334 g/mol. The highest BCUT2D eigenvalue weighted by Gasteiger charge is 2.05. The first kappa shape index (κ1) is 19.3. The van der Waals surface area contributed by atoms with Gasteiger partial charge in [0.1, 0.15) is 0 Å². The Balaban J connectivity index is 2.47. The van der Waals surface area contributed by atoms with Crippen LogP contribution in [0.4, 0.5) is 0 Å². The van der Waals surface area contributed by atoms with Gasteiger partial charge < -0.3 is 18.9 Å². The highest BCUT2D eigenvalue weighted by atomic mass is 16.5. The Morgan fingerprint density at radius 1 is 1.08 bits per heavy atom. The van der Waals surface area contributed by atoms with Crippen molar-refractivity contribution in [3.8, 4) is 11.5 Å². The summed E-state index contributed by atoms with van der Waals surface area (Å²) in [5, 5.41) is 0. The summed E-state index contributed by atoms with van der Waals surface area (Å²) in [6.07, 6.45) is 5.53. The van der Waals surface area contributed by atoms with Crippen molar-refractivity contribution in [2.24, 2.45) is 0 Å². The van der Waals surface area contributed by atoms with Gasteiger partial charge in [-0.15, -0.1) is 0 Å². The summed E-state index contributed by atoms with van der Waals surface area (Å²) in [7, 11) is 2.87. The van der Waals surface area contributed by atoms with Crippen LogP contribution in [-0.2, 0) is 19.1 Å². The number of hydrogen-bond acceptors (Lipinski definition) is 6. The number of methoxy groups -OCH3 is 2. The zero-order valence-corrected chi connectivity index (χ0v) is 13.9. The van der Waals surface area contributed by atoms with Crippen LogP contribution in [0.3, 0.4) is 0 Å². The number of carbonyl (C=O) groups is 2. The molecule has 0 bridgehead atoms. The van der Waals surface area contributed by atoms with Crippen LogP contribution < -0.4 is 9.47 Å². The normalized spacial score (nSPS) is 10.2. The molecule has 0 saturated carbocycles. The zero-order chi connectivity index (χ0) is 17.8. The second-order valence-electron chi connectivity index (χ2n) is 4.69. The highest BCUT2D eigenvalue weighted by Crippen LogP contribution is 2.28. The predicted octanol–water partition coefficient (Wildman–Crippen LogP) is 2.77. The number of benzene rings is 1. The maximum absolute atomic E-state index is 11.1. The number of unbranched alkanes of at least 4 members (excludes halogenated alkanes) is 1. The number of hydrogen-bond donors (Lipinski definition) is 0. The van der Waals surface area contributed by atoms with Gasteiger partial charge in [0.15, 0.2) is 11.5 Å². The van der Waals surface area contributed by atoms with Crippen LogP contribution in [0.25, 0.3) is 6.08 Å². The predicted molar refractivity (Wildman–Crippen MR) is 89.9 cm³/mol. The van der Waals surface area contributed by atoms with E-state index >= 15 is 0 Å². The molecule has 0 aliphatic carbocycles. The van der Waals surface area contributed by atoms with Crippen LogP contribution >= 0.6 is 0 Å². The minimum atomic E-state index is -0.425. The Morgan fingerprint density at radius 3 is 2.50 bits per heavy atom. The Labute approximate surface area is 141 Å². The average Bonchev–Trinajstić information content (AvgIpc) is 2.62. The second-order valence-corrected chi connectivity index (χ2v) is 4.69. The van der Waals surface area contributed by atoms with E-state index in [0.29, 0.717) is 31.1 Å². The number of esters is 2. The molecule has 0 saturated heterocycles. The zero-order valence-electron chi connectivity index (χ0n) is 13.9. The standard InChI is InChI=1S/C18H22O6/c1-4-17(19)24-12-6-5-11-23-15-9-7-14(13-16(15)21-2)8-10-18(20)22-3/h4,7-10,13H,1,5-6,11-12H2,2-3H3/b10-8+. The molecule has 0 unspecified atom stereocenters. The second kappa shape index (κ2) is 10.9. The minimum Gasteiger partial charge on any atom is -0.493 e. The molecule has 0 fully saturated rings. The number of carbonyl (C=O) groups excluding carboxylic acids is 2. The number of ether oxygens (including phenoxy) is 4. The van der Waals surface area contributed by atoms with Gasteiger partial charge in [0, 0.05) is 12.2 Å². The van der Waals surface area contributed by atoms with E-state index in [4.69, 9.17) is 14.2 Å². The lowest BCUT2D eigenvalue weighted by atomic mass is 10.2. The van der Waals surface area contributed by atoms with Crippen LogP contribution in [-0.4, -0.2) is 39.4 Å². The van der Waals surface area contributed by atoms with Crippen molar-refractivity contribution in [1.29, 1.82) is 0 Å². The van der Waals surface area contributed by atoms with Gasteiger partial charge in [0.05, 0.1) is 27.4 Å². The maximum Gasteiger partial charge on any atom is 0.330 e. The van der Waals surface area contributed by atoms with Crippen molar-refractivity contribution in [2.75, 3.05) is 27.4 Å². The summed E-state index contributed by atoms with van der Waals surface area (Å²) in [4.78, 5) is 22.0. The van der Waals surface area contributed by atoms with E-state index in [9.17, 15) is 9.59 Å². The van der Waals surface area contributed by atoms with Crippen molar-refractivity contribution >= 4 is 18.0 Å². The molecule has 0 aliphatic heterocycles. The van der Waals surface area contributed by atoms with Gasteiger partial charge in [-0.2, -0.15) is 0 Å². The average molecular weight is 334 g/mol. The summed E-state index contributed by atoms with van der Waals surface area (Å²) >= 11 is 0. The van der Waals surface area contributed by atoms with E-state index in [0.717, 1.165) is 18.1 Å². The molecular weight excluding hydrogens is 312 g/mol. The van der Waals surface area contributed by atoms with Crippen molar-refractivity contribution in [1.82, 2.24) is 0 Å². The fourth-order valence-electron chi connectivity index (χ4n) is 1.76. The molecule has 130 valence electrons. The summed E-state index contributed by atoms with van der Waals surface area (Å²) in [5.41, 5.74) is 0.793. The molecule has 1 aromatic carbocycles. The summed E-state index contributed by atoms with van der Waals surface area (Å²) in [6.45, 7) is 4.13. The molecule has 0 aliphatic rings. The molecule has 0 spiro atoms. The van der Waals surface area contributed by atoms with Gasteiger partial charge in [-0.3, -0.25) is 0 Å². The third kappa shape index (κ3) is 7.00. The fraction of sp³-hybridized carbons (Fsp3) is 0.333. The molecule has 0 N–H and O–H groups in total. The largest absolute Gasteiger partial charge is 0.493 e. The van der Waals surface area contributed by atoms with Gasteiger partial charge >= 0.3 is 11.9 Å². The molecule has 0 radical (unpaired) electrons. The highest BCUT2D eigenvalue weighted by molar-refractivity contribution is 5.87. The van der Waals surface area contributed by atoms with E-state index in [2.05, 4.69) is 11.3 Å². The molecule has 0 atom stereocenters. The van der Waals surface area contributed by atoms with Gasteiger partial charge in [-0.05, 0) is 36.6 Å². The van der Waals surface area contributed by atoms with Gasteiger partial charge in [-0.1, -0.05) is 12.6 Å². The first-order valence-electron chi connectivity index (χ1n) is 7.46. The lowest BCUT2D eigenvalue weighted by Gasteiger charge is -2.11. The minimum absolute atomic E-state index is 0.336. The van der Waals surface area contributed by atoms with E-state index < -0.39 is 11.9 Å². The molecule has 0 heterocycles. The van der Waals surface area contributed by atoms with Crippen molar-refractivity contribution in [2.45, 2.75) is 12.8 Å². The van der Waals surface area contributed by atoms with Crippen molar-refractivity contribution in [3.05, 3.63) is 42.5 Å². The van der Waals surface area contributed by atoms with Gasteiger partial charge in [-0.25, -0.2) is 9.59 Å². The lowest BCUT2D eigenvalue weighted by molar-refractivity contribution is -0.138. The van der Waals surface area contributed by atoms with Gasteiger partial charge in [0.25, 0.3) is 0 Å². The Morgan fingerprint density at radius 2 is 1.83 bits per heavy atom. The lowest BCUT2D eigenvalue weighted by Crippen LogP contribution is -2.05. The van der Waals surface area contributed by atoms with E-state index in [1.54, 1.807) is 25.3 Å². The first-order chi connectivity index (χ1) is 11.6. The molecule has 1 rings (SSSR count). The quantitative estimate of drug-likeness (QED) is 0.372. The van der Waals surface area contributed by atoms with Crippen LogP contribution in [0.15, 0.2) is 36.9 Å².